The summed E-state index contributed by atoms with van der Waals surface area (Å²) in [5.74, 6) is 0. The van der Waals surface area contributed by atoms with Crippen molar-refractivity contribution < 1.29 is 0 Å². The quantitative estimate of drug-likeness (QED) is 0.366. The van der Waals surface area contributed by atoms with Crippen molar-refractivity contribution in [2.75, 3.05) is 4.90 Å². The predicted octanol–water partition coefficient (Wildman–Crippen LogP) is 6.86. The highest BCUT2D eigenvalue weighted by Gasteiger charge is 2.15. The van der Waals surface area contributed by atoms with Crippen molar-refractivity contribution >= 4 is 44.8 Å². The molecule has 0 radical (unpaired) electrons. The van der Waals surface area contributed by atoms with Crippen molar-refractivity contribution in [3.8, 4) is 11.3 Å². The fourth-order valence-corrected chi connectivity index (χ4v) is 3.51. The Hall–Kier alpha value is -2.43. The molecule has 0 N–H and O–H groups in total. The van der Waals surface area contributed by atoms with E-state index in [1.165, 1.54) is 0 Å². The first kappa shape index (κ1) is 17.4. The molecule has 0 fully saturated rings. The average Bonchev–Trinajstić information content (AvgIpc) is 3.14. The van der Waals surface area contributed by atoms with Crippen molar-refractivity contribution in [1.82, 2.24) is 4.98 Å². The summed E-state index contributed by atoms with van der Waals surface area (Å²) in [6.45, 7) is 0. The molecule has 0 bridgehead atoms. The monoisotopic (exact) mass is 408 g/mol. The Morgan fingerprint density at radius 3 is 1.64 bits per heavy atom. The first-order valence-corrected chi connectivity index (χ1v) is 8.71. The van der Waals surface area contributed by atoms with Gasteiger partial charge in [-0.3, -0.25) is 4.90 Å². The van der Waals surface area contributed by atoms with Gasteiger partial charge in [-0.25, -0.2) is 4.98 Å². The Morgan fingerprint density at radius 2 is 1.12 bits per heavy atom. The van der Waals surface area contributed by atoms with Crippen LogP contribution in [0, 0.1) is 0 Å². The van der Waals surface area contributed by atoms with Crippen LogP contribution in [0.5, 0.6) is 0 Å². The molecule has 0 saturated heterocycles. The van der Waals surface area contributed by atoms with Crippen LogP contribution in [0.15, 0.2) is 96.4 Å². The summed E-state index contributed by atoms with van der Waals surface area (Å²) in [6.07, 6.45) is 0. The van der Waals surface area contributed by atoms with E-state index in [2.05, 4.69) is 70.9 Å². The zero-order chi connectivity index (χ0) is 16.2. The molecule has 0 aliphatic carbocycles. The second-order valence-electron chi connectivity index (χ2n) is 5.39. The van der Waals surface area contributed by atoms with Crippen LogP contribution in [0.1, 0.15) is 0 Å². The van der Waals surface area contributed by atoms with E-state index < -0.39 is 0 Å². The molecule has 3 aromatic carbocycles. The molecule has 4 aromatic rings. The smallest absolute Gasteiger partial charge is 0.195 e. The molecule has 0 aliphatic heterocycles. The minimum Gasteiger partial charge on any atom is -0.286 e. The van der Waals surface area contributed by atoms with E-state index in [0.717, 1.165) is 27.8 Å². The summed E-state index contributed by atoms with van der Waals surface area (Å²) in [5, 5.41) is 3.08. The normalized spacial score (nSPS) is 10.1. The van der Waals surface area contributed by atoms with E-state index in [0.29, 0.717) is 0 Å². The largest absolute Gasteiger partial charge is 0.286 e. The van der Waals surface area contributed by atoms with Crippen LogP contribution >= 0.6 is 28.3 Å². The van der Waals surface area contributed by atoms with Crippen LogP contribution in [0.4, 0.5) is 16.5 Å². The molecule has 25 heavy (non-hydrogen) atoms. The molecular formula is C21H17BrN2S. The predicted molar refractivity (Wildman–Crippen MR) is 113 cm³/mol. The minimum atomic E-state index is 0. The molecule has 0 saturated carbocycles. The van der Waals surface area contributed by atoms with Crippen LogP contribution < -0.4 is 4.90 Å². The van der Waals surface area contributed by atoms with Crippen molar-refractivity contribution in [1.29, 1.82) is 0 Å². The average molecular weight is 409 g/mol. The number of benzene rings is 3. The summed E-state index contributed by atoms with van der Waals surface area (Å²) in [4.78, 5) is 7.07. The van der Waals surface area contributed by atoms with Gasteiger partial charge >= 0.3 is 0 Å². The van der Waals surface area contributed by atoms with E-state index in [4.69, 9.17) is 4.98 Å². The molecule has 124 valence electrons. The number of thiazole rings is 1. The molecule has 1 heterocycles. The molecule has 0 unspecified atom stereocenters. The maximum Gasteiger partial charge on any atom is 0.195 e. The Balaban J connectivity index is 0.00000182. The van der Waals surface area contributed by atoms with Gasteiger partial charge in [-0.15, -0.1) is 28.3 Å². The second-order valence-corrected chi connectivity index (χ2v) is 6.22. The molecule has 0 aliphatic rings. The van der Waals surface area contributed by atoms with Gasteiger partial charge in [0, 0.05) is 22.3 Å². The third-order valence-electron chi connectivity index (χ3n) is 3.78. The lowest BCUT2D eigenvalue weighted by Gasteiger charge is -2.22. The summed E-state index contributed by atoms with van der Waals surface area (Å²) >= 11 is 1.66. The first-order chi connectivity index (χ1) is 11.9. The third kappa shape index (κ3) is 3.81. The summed E-state index contributed by atoms with van der Waals surface area (Å²) in [6, 6.07) is 31.0. The fourth-order valence-electron chi connectivity index (χ4n) is 2.63. The minimum absolute atomic E-state index is 0. The van der Waals surface area contributed by atoms with E-state index >= 15 is 0 Å². The number of aromatic nitrogens is 1. The number of para-hydroxylation sites is 2. The SMILES string of the molecule is Br.c1ccc(-c2csc(N(c3ccccc3)c3ccccc3)n2)cc1. The molecule has 0 atom stereocenters. The first-order valence-electron chi connectivity index (χ1n) is 7.83. The van der Waals surface area contributed by atoms with Gasteiger partial charge in [0.25, 0.3) is 0 Å². The van der Waals surface area contributed by atoms with E-state index in [1.807, 2.05) is 30.3 Å². The lowest BCUT2D eigenvalue weighted by molar-refractivity contribution is 1.23. The number of hydrogen-bond donors (Lipinski definition) is 0. The van der Waals surface area contributed by atoms with Gasteiger partial charge in [-0.05, 0) is 24.3 Å². The van der Waals surface area contributed by atoms with Crippen LogP contribution in [-0.4, -0.2) is 4.98 Å². The second kappa shape index (κ2) is 8.10. The molecule has 2 nitrogen and oxygen atoms in total. The van der Waals surface area contributed by atoms with Crippen molar-refractivity contribution in [3.63, 3.8) is 0 Å². The van der Waals surface area contributed by atoms with Crippen molar-refractivity contribution in [2.24, 2.45) is 0 Å². The highest BCUT2D eigenvalue weighted by atomic mass is 79.9. The van der Waals surface area contributed by atoms with Crippen LogP contribution in [0.3, 0.4) is 0 Å². The summed E-state index contributed by atoms with van der Waals surface area (Å²) in [5.41, 5.74) is 4.36. The highest BCUT2D eigenvalue weighted by molar-refractivity contribution is 8.93. The number of hydrogen-bond acceptors (Lipinski definition) is 3. The molecular weight excluding hydrogens is 392 g/mol. The molecule has 0 spiro atoms. The summed E-state index contributed by atoms with van der Waals surface area (Å²) in [7, 11) is 0. The van der Waals surface area contributed by atoms with Gasteiger partial charge in [0.15, 0.2) is 5.13 Å². The van der Waals surface area contributed by atoms with Gasteiger partial charge in [0.2, 0.25) is 0 Å². The maximum absolute atomic E-state index is 4.88. The molecule has 4 heteroatoms. The fraction of sp³-hybridized carbons (Fsp3) is 0. The Bertz CT molecular complexity index is 869. The zero-order valence-electron chi connectivity index (χ0n) is 13.4. The van der Waals surface area contributed by atoms with Crippen LogP contribution in [-0.2, 0) is 0 Å². The molecule has 1 aromatic heterocycles. The standard InChI is InChI=1S/C21H16N2S.BrH/c1-4-10-17(11-5-1)20-16-24-21(22-20)23(18-12-6-2-7-13-18)19-14-8-3-9-15-19;/h1-16H;1H. The Kier molecular flexibility index (Phi) is 5.64. The van der Waals surface area contributed by atoms with E-state index in [-0.39, 0.29) is 17.0 Å². The van der Waals surface area contributed by atoms with Crippen LogP contribution in [0.25, 0.3) is 11.3 Å². The summed E-state index contributed by atoms with van der Waals surface area (Å²) < 4.78 is 0. The number of nitrogens with zero attached hydrogens (tertiary/aromatic N) is 2. The van der Waals surface area contributed by atoms with Gasteiger partial charge in [-0.1, -0.05) is 66.7 Å². The Morgan fingerprint density at radius 1 is 0.640 bits per heavy atom. The van der Waals surface area contributed by atoms with Crippen molar-refractivity contribution in [3.05, 3.63) is 96.4 Å². The van der Waals surface area contributed by atoms with Crippen molar-refractivity contribution in [2.45, 2.75) is 0 Å². The molecule has 4 rings (SSSR count). The number of halogens is 1. The maximum atomic E-state index is 4.88. The lowest BCUT2D eigenvalue weighted by Crippen LogP contribution is -2.09. The van der Waals surface area contributed by atoms with Gasteiger partial charge in [0.05, 0.1) is 5.69 Å². The van der Waals surface area contributed by atoms with E-state index in [1.54, 1.807) is 11.3 Å². The van der Waals surface area contributed by atoms with E-state index in [9.17, 15) is 0 Å². The van der Waals surface area contributed by atoms with Gasteiger partial charge < -0.3 is 0 Å². The topological polar surface area (TPSA) is 16.1 Å². The zero-order valence-corrected chi connectivity index (χ0v) is 16.0. The van der Waals surface area contributed by atoms with Gasteiger partial charge in [-0.2, -0.15) is 0 Å². The third-order valence-corrected chi connectivity index (χ3v) is 4.61. The lowest BCUT2D eigenvalue weighted by atomic mass is 10.2. The highest BCUT2D eigenvalue weighted by Crippen LogP contribution is 2.37. The number of anilines is 3. The number of rotatable bonds is 4. The molecule has 0 amide bonds. The van der Waals surface area contributed by atoms with Gasteiger partial charge in [0.1, 0.15) is 0 Å². The Labute approximate surface area is 162 Å². The van der Waals surface area contributed by atoms with Crippen LogP contribution in [0.2, 0.25) is 0 Å².